The summed E-state index contributed by atoms with van der Waals surface area (Å²) in [6.07, 6.45) is 1.17. The fraction of sp³-hybridized carbons (Fsp3) is 0.296. The summed E-state index contributed by atoms with van der Waals surface area (Å²) < 4.78 is 18.7. The van der Waals surface area contributed by atoms with Crippen LogP contribution in [0.2, 0.25) is 0 Å². The molecule has 3 aromatic rings. The lowest BCUT2D eigenvalue weighted by molar-refractivity contribution is 0.102. The zero-order valence-corrected chi connectivity index (χ0v) is 19.2. The molecule has 1 N–H and O–H groups in total. The van der Waals surface area contributed by atoms with Crippen molar-refractivity contribution < 1.29 is 13.9 Å². The van der Waals surface area contributed by atoms with Gasteiger partial charge < -0.3 is 15.0 Å². The van der Waals surface area contributed by atoms with Crippen LogP contribution in [-0.2, 0) is 6.54 Å². The molecular formula is C27H30FN3O2. The molecule has 0 aliphatic carbocycles. The van der Waals surface area contributed by atoms with Gasteiger partial charge in [0.1, 0.15) is 11.6 Å². The maximum atomic E-state index is 13.1. The summed E-state index contributed by atoms with van der Waals surface area (Å²) in [5.74, 6) is 0.273. The van der Waals surface area contributed by atoms with Gasteiger partial charge in [-0.15, -0.1) is 0 Å². The van der Waals surface area contributed by atoms with E-state index in [0.29, 0.717) is 11.3 Å². The number of rotatable bonds is 6. The number of halogens is 1. The van der Waals surface area contributed by atoms with Crippen LogP contribution in [0, 0.1) is 5.82 Å². The van der Waals surface area contributed by atoms with E-state index < -0.39 is 0 Å². The molecule has 0 spiro atoms. The van der Waals surface area contributed by atoms with E-state index in [1.165, 1.54) is 36.2 Å². The fourth-order valence-electron chi connectivity index (χ4n) is 4.13. The molecule has 0 unspecified atom stereocenters. The van der Waals surface area contributed by atoms with Crippen LogP contribution in [0.5, 0.6) is 5.75 Å². The average Bonchev–Trinajstić information content (AvgIpc) is 3.04. The highest BCUT2D eigenvalue weighted by atomic mass is 19.1. The molecular weight excluding hydrogens is 417 g/mol. The van der Waals surface area contributed by atoms with Gasteiger partial charge in [0.15, 0.2) is 0 Å². The highest BCUT2D eigenvalue weighted by molar-refractivity contribution is 6.04. The highest BCUT2D eigenvalue weighted by Crippen LogP contribution is 2.29. The number of hydrogen-bond donors (Lipinski definition) is 1. The van der Waals surface area contributed by atoms with Gasteiger partial charge in [0.05, 0.1) is 7.11 Å². The minimum atomic E-state index is -0.363. The van der Waals surface area contributed by atoms with Crippen molar-refractivity contribution in [3.8, 4) is 16.9 Å². The van der Waals surface area contributed by atoms with Crippen LogP contribution >= 0.6 is 0 Å². The molecule has 1 fully saturated rings. The summed E-state index contributed by atoms with van der Waals surface area (Å²) >= 11 is 0. The molecule has 0 bridgehead atoms. The topological polar surface area (TPSA) is 44.8 Å². The summed E-state index contributed by atoms with van der Waals surface area (Å²) in [6, 6.07) is 19.5. The Labute approximate surface area is 194 Å². The Morgan fingerprint density at radius 2 is 1.67 bits per heavy atom. The maximum absolute atomic E-state index is 13.1. The van der Waals surface area contributed by atoms with E-state index in [1.54, 1.807) is 7.11 Å². The van der Waals surface area contributed by atoms with Crippen molar-refractivity contribution in [3.63, 3.8) is 0 Å². The first-order valence-electron chi connectivity index (χ1n) is 11.3. The Morgan fingerprint density at radius 3 is 2.39 bits per heavy atom. The third kappa shape index (κ3) is 5.97. The molecule has 33 heavy (non-hydrogen) atoms. The minimum Gasteiger partial charge on any atom is -0.496 e. The predicted octanol–water partition coefficient (Wildman–Crippen LogP) is 4.89. The maximum Gasteiger partial charge on any atom is 0.255 e. The number of anilines is 1. The number of ether oxygens (including phenoxy) is 1. The summed E-state index contributed by atoms with van der Waals surface area (Å²) in [4.78, 5) is 17.2. The Hall–Kier alpha value is -3.22. The van der Waals surface area contributed by atoms with Crippen LogP contribution < -0.4 is 10.1 Å². The Kier molecular flexibility index (Phi) is 7.37. The molecule has 1 heterocycles. The quantitative estimate of drug-likeness (QED) is 0.584. The van der Waals surface area contributed by atoms with Crippen molar-refractivity contribution >= 4 is 11.6 Å². The standard InChI is InChI=1S/C27H30FN3O2/c1-30-14-3-15-31(17-16-30)19-23-18-22(8-13-26(23)33-2)20-6-11-25(12-7-20)29-27(32)21-4-9-24(28)10-5-21/h4-13,18H,3,14-17,19H2,1-2H3,(H,29,32). The summed E-state index contributed by atoms with van der Waals surface area (Å²) in [6.45, 7) is 5.20. The molecule has 0 saturated carbocycles. The normalized spacial score (nSPS) is 15.1. The first-order valence-corrected chi connectivity index (χ1v) is 11.3. The number of carbonyl (C=O) groups is 1. The monoisotopic (exact) mass is 447 g/mol. The molecule has 1 saturated heterocycles. The predicted molar refractivity (Wildman–Crippen MR) is 130 cm³/mol. The molecule has 6 heteroatoms. The van der Waals surface area contributed by atoms with E-state index in [4.69, 9.17) is 4.74 Å². The second-order valence-corrected chi connectivity index (χ2v) is 8.50. The number of amides is 1. The van der Waals surface area contributed by atoms with Gasteiger partial charge in [-0.25, -0.2) is 4.39 Å². The summed E-state index contributed by atoms with van der Waals surface area (Å²) in [5.41, 5.74) is 4.45. The number of nitrogens with zero attached hydrogens (tertiary/aromatic N) is 2. The highest BCUT2D eigenvalue weighted by Gasteiger charge is 2.15. The van der Waals surface area contributed by atoms with E-state index in [0.717, 1.165) is 49.6 Å². The largest absolute Gasteiger partial charge is 0.496 e. The van der Waals surface area contributed by atoms with Gasteiger partial charge in [-0.1, -0.05) is 18.2 Å². The molecule has 1 amide bonds. The Morgan fingerprint density at radius 1 is 0.939 bits per heavy atom. The van der Waals surface area contributed by atoms with Crippen molar-refractivity contribution in [2.24, 2.45) is 0 Å². The van der Waals surface area contributed by atoms with E-state index in [-0.39, 0.29) is 11.7 Å². The number of methoxy groups -OCH3 is 1. The molecule has 1 aliphatic heterocycles. The third-order valence-electron chi connectivity index (χ3n) is 6.07. The van der Waals surface area contributed by atoms with Gasteiger partial charge in [-0.3, -0.25) is 9.69 Å². The molecule has 0 aromatic heterocycles. The summed E-state index contributed by atoms with van der Waals surface area (Å²) in [5, 5.41) is 2.86. The van der Waals surface area contributed by atoms with Crippen LogP contribution in [0.1, 0.15) is 22.3 Å². The molecule has 1 aliphatic rings. The van der Waals surface area contributed by atoms with Gasteiger partial charge in [0.25, 0.3) is 5.91 Å². The minimum absolute atomic E-state index is 0.266. The molecule has 5 nitrogen and oxygen atoms in total. The van der Waals surface area contributed by atoms with Crippen molar-refractivity contribution in [3.05, 3.63) is 83.7 Å². The second-order valence-electron chi connectivity index (χ2n) is 8.50. The molecule has 172 valence electrons. The summed E-state index contributed by atoms with van der Waals surface area (Å²) in [7, 11) is 3.89. The Bertz CT molecular complexity index is 1080. The van der Waals surface area contributed by atoms with Gasteiger partial charge in [0.2, 0.25) is 0 Å². The van der Waals surface area contributed by atoms with Crippen LogP contribution in [0.25, 0.3) is 11.1 Å². The van der Waals surface area contributed by atoms with E-state index in [2.05, 4.69) is 34.3 Å². The fourth-order valence-corrected chi connectivity index (χ4v) is 4.13. The van der Waals surface area contributed by atoms with Crippen molar-refractivity contribution in [2.75, 3.05) is 45.7 Å². The number of nitrogens with one attached hydrogen (secondary N) is 1. The second kappa shape index (κ2) is 10.6. The smallest absolute Gasteiger partial charge is 0.255 e. The van der Waals surface area contributed by atoms with Crippen molar-refractivity contribution in [1.82, 2.24) is 9.80 Å². The third-order valence-corrected chi connectivity index (χ3v) is 6.07. The van der Waals surface area contributed by atoms with E-state index in [9.17, 15) is 9.18 Å². The van der Waals surface area contributed by atoms with Crippen LogP contribution in [0.3, 0.4) is 0 Å². The zero-order valence-electron chi connectivity index (χ0n) is 19.2. The average molecular weight is 448 g/mol. The first kappa shape index (κ1) is 23.0. The lowest BCUT2D eigenvalue weighted by atomic mass is 10.0. The van der Waals surface area contributed by atoms with E-state index in [1.807, 2.05) is 30.3 Å². The van der Waals surface area contributed by atoms with Crippen LogP contribution in [0.15, 0.2) is 66.7 Å². The molecule has 4 rings (SSSR count). The zero-order chi connectivity index (χ0) is 23.2. The Balaban J connectivity index is 1.47. The van der Waals surface area contributed by atoms with Crippen molar-refractivity contribution in [2.45, 2.75) is 13.0 Å². The van der Waals surface area contributed by atoms with E-state index >= 15 is 0 Å². The van der Waals surface area contributed by atoms with Crippen molar-refractivity contribution in [1.29, 1.82) is 0 Å². The number of likely N-dealkylation sites (N-methyl/N-ethyl adjacent to an activating group) is 1. The van der Waals surface area contributed by atoms with Gasteiger partial charge in [0, 0.05) is 36.4 Å². The number of hydrogen-bond acceptors (Lipinski definition) is 4. The lowest BCUT2D eigenvalue weighted by Crippen LogP contribution is -2.28. The van der Waals surface area contributed by atoms with Gasteiger partial charge >= 0.3 is 0 Å². The van der Waals surface area contributed by atoms with Gasteiger partial charge in [-0.2, -0.15) is 0 Å². The molecule has 0 atom stereocenters. The number of carbonyl (C=O) groups excluding carboxylic acids is 1. The SMILES string of the molecule is COc1ccc(-c2ccc(NC(=O)c3ccc(F)cc3)cc2)cc1CN1CCCN(C)CC1. The molecule has 0 radical (unpaired) electrons. The first-order chi connectivity index (χ1) is 16.0. The lowest BCUT2D eigenvalue weighted by Gasteiger charge is -2.22. The van der Waals surface area contributed by atoms with Crippen LogP contribution in [-0.4, -0.2) is 56.0 Å². The number of benzene rings is 3. The molecule has 3 aromatic carbocycles. The van der Waals surface area contributed by atoms with Crippen LogP contribution in [0.4, 0.5) is 10.1 Å². The van der Waals surface area contributed by atoms with Gasteiger partial charge in [-0.05, 0) is 86.2 Å².